The van der Waals surface area contributed by atoms with Crippen LogP contribution in [0.3, 0.4) is 0 Å². The highest BCUT2D eigenvalue weighted by molar-refractivity contribution is 7.91. The zero-order valence-corrected chi connectivity index (χ0v) is 25.0. The molecule has 0 radical (unpaired) electrons. The molecule has 0 saturated carbocycles. The molecule has 1 heterocycles. The van der Waals surface area contributed by atoms with Gasteiger partial charge in [-0.15, -0.1) is 0 Å². The second-order valence-corrected chi connectivity index (χ2v) is 13.1. The van der Waals surface area contributed by atoms with Crippen LogP contribution in [0.25, 0.3) is 33.1 Å². The molecule has 1 atom stereocenters. The standard InChI is InChI=1S/C33H30FNO8S/c1-33(2,3)43-32(38)35-28(31(36)37)19-41-18-21-13-16-23(17-27(21)34)44(39,40)22-14-11-20(12-15-22)24-8-6-9-26-25-7-4-5-10-29(25)42-30(24)26/h4-17,28H,18-19H2,1-3H3,(H,35,38)(H,36,37). The van der Waals surface area contributed by atoms with Gasteiger partial charge in [0.05, 0.1) is 23.0 Å². The van der Waals surface area contributed by atoms with Crippen LogP contribution in [0.2, 0.25) is 0 Å². The van der Waals surface area contributed by atoms with Crippen LogP contribution in [0.15, 0.2) is 99.1 Å². The van der Waals surface area contributed by atoms with E-state index in [4.69, 9.17) is 13.9 Å². The molecule has 11 heteroatoms. The van der Waals surface area contributed by atoms with Crippen LogP contribution >= 0.6 is 0 Å². The van der Waals surface area contributed by atoms with Gasteiger partial charge in [0, 0.05) is 21.9 Å². The maximum absolute atomic E-state index is 14.9. The Morgan fingerprint density at radius 3 is 2.30 bits per heavy atom. The SMILES string of the molecule is CC(C)(C)OC(=O)NC(COCc1ccc(S(=O)(=O)c2ccc(-c3cccc4c3oc3ccccc34)cc2)cc1F)C(=O)O. The summed E-state index contributed by atoms with van der Waals surface area (Å²) < 4.78 is 58.0. The van der Waals surface area contributed by atoms with Gasteiger partial charge in [-0.2, -0.15) is 0 Å². The van der Waals surface area contributed by atoms with Gasteiger partial charge in [-0.05, 0) is 56.7 Å². The fraction of sp³-hybridized carbons (Fsp3) is 0.212. The maximum Gasteiger partial charge on any atom is 0.408 e. The topological polar surface area (TPSA) is 132 Å². The first-order valence-corrected chi connectivity index (χ1v) is 15.2. The molecule has 5 rings (SSSR count). The molecular formula is C33H30FNO8S. The molecule has 2 N–H and O–H groups in total. The molecule has 0 saturated heterocycles. The van der Waals surface area contributed by atoms with Crippen molar-refractivity contribution in [2.45, 2.75) is 48.8 Å². The number of nitrogens with one attached hydrogen (secondary N) is 1. The first-order chi connectivity index (χ1) is 20.8. The molecule has 4 aromatic carbocycles. The van der Waals surface area contributed by atoms with E-state index in [1.807, 2.05) is 42.5 Å². The molecule has 5 aromatic rings. The Morgan fingerprint density at radius 2 is 1.61 bits per heavy atom. The molecular weight excluding hydrogens is 589 g/mol. The van der Waals surface area contributed by atoms with Gasteiger partial charge in [-0.25, -0.2) is 22.4 Å². The van der Waals surface area contributed by atoms with E-state index in [2.05, 4.69) is 5.32 Å². The predicted octanol–water partition coefficient (Wildman–Crippen LogP) is 6.72. The van der Waals surface area contributed by atoms with Crippen molar-refractivity contribution in [3.05, 3.63) is 96.3 Å². The second-order valence-electron chi connectivity index (χ2n) is 11.1. The normalized spacial score (nSPS) is 12.7. The summed E-state index contributed by atoms with van der Waals surface area (Å²) in [6.45, 7) is 4.07. The van der Waals surface area contributed by atoms with Crippen LogP contribution < -0.4 is 5.32 Å². The fourth-order valence-electron chi connectivity index (χ4n) is 4.65. The highest BCUT2D eigenvalue weighted by Crippen LogP contribution is 2.36. The lowest BCUT2D eigenvalue weighted by Crippen LogP contribution is -2.46. The van der Waals surface area contributed by atoms with Crippen LogP contribution in [-0.2, 0) is 30.7 Å². The van der Waals surface area contributed by atoms with Crippen LogP contribution in [0.1, 0.15) is 26.3 Å². The number of hydrogen-bond donors (Lipinski definition) is 2. The number of carbonyl (C=O) groups excluding carboxylic acids is 1. The number of amides is 1. The van der Waals surface area contributed by atoms with Crippen LogP contribution in [0, 0.1) is 5.82 Å². The summed E-state index contributed by atoms with van der Waals surface area (Å²) in [6.07, 6.45) is -0.936. The number of alkyl carbamates (subject to hydrolysis) is 1. The summed E-state index contributed by atoms with van der Waals surface area (Å²) in [6, 6.07) is 21.7. The lowest BCUT2D eigenvalue weighted by Gasteiger charge is -2.22. The smallest absolute Gasteiger partial charge is 0.408 e. The third kappa shape index (κ3) is 6.58. The average Bonchev–Trinajstić information content (AvgIpc) is 3.35. The minimum Gasteiger partial charge on any atom is -0.480 e. The zero-order chi connectivity index (χ0) is 31.6. The average molecular weight is 620 g/mol. The molecule has 0 fully saturated rings. The van der Waals surface area contributed by atoms with E-state index in [1.165, 1.54) is 24.3 Å². The van der Waals surface area contributed by atoms with E-state index in [0.717, 1.165) is 33.5 Å². The van der Waals surface area contributed by atoms with E-state index >= 15 is 0 Å². The quantitative estimate of drug-likeness (QED) is 0.186. The van der Waals surface area contributed by atoms with Crippen molar-refractivity contribution in [2.24, 2.45) is 0 Å². The van der Waals surface area contributed by atoms with Crippen molar-refractivity contribution in [3.8, 4) is 11.1 Å². The summed E-state index contributed by atoms with van der Waals surface area (Å²) in [4.78, 5) is 23.1. The van der Waals surface area contributed by atoms with Crippen molar-refractivity contribution >= 4 is 43.8 Å². The van der Waals surface area contributed by atoms with Gasteiger partial charge in [-0.1, -0.05) is 54.6 Å². The van der Waals surface area contributed by atoms with E-state index in [-0.39, 0.29) is 22.0 Å². The van der Waals surface area contributed by atoms with E-state index in [1.54, 1.807) is 32.9 Å². The molecule has 0 aliphatic heterocycles. The Hall–Kier alpha value is -4.74. The fourth-order valence-corrected chi connectivity index (χ4v) is 5.92. The lowest BCUT2D eigenvalue weighted by atomic mass is 10.0. The number of halogens is 1. The number of rotatable bonds is 9. The number of sulfone groups is 1. The van der Waals surface area contributed by atoms with Gasteiger partial charge in [0.2, 0.25) is 9.84 Å². The largest absolute Gasteiger partial charge is 0.480 e. The molecule has 9 nitrogen and oxygen atoms in total. The van der Waals surface area contributed by atoms with Gasteiger partial charge >= 0.3 is 12.1 Å². The molecule has 0 spiro atoms. The van der Waals surface area contributed by atoms with Crippen LogP contribution in [0.4, 0.5) is 9.18 Å². The third-order valence-electron chi connectivity index (χ3n) is 6.75. The summed E-state index contributed by atoms with van der Waals surface area (Å²) in [5, 5.41) is 13.5. The second kappa shape index (κ2) is 12.1. The lowest BCUT2D eigenvalue weighted by molar-refractivity contribution is -0.141. The number of carboxylic acid groups (broad SMARTS) is 1. The summed E-state index contributed by atoms with van der Waals surface area (Å²) >= 11 is 0. The van der Waals surface area contributed by atoms with Crippen molar-refractivity contribution in [1.82, 2.24) is 5.32 Å². The van der Waals surface area contributed by atoms with Gasteiger partial charge in [0.25, 0.3) is 0 Å². The Morgan fingerprint density at radius 1 is 0.932 bits per heavy atom. The van der Waals surface area contributed by atoms with Crippen molar-refractivity contribution in [3.63, 3.8) is 0 Å². The minimum atomic E-state index is -4.06. The number of para-hydroxylation sites is 2. The van der Waals surface area contributed by atoms with E-state index in [0.29, 0.717) is 5.58 Å². The molecule has 0 aliphatic carbocycles. The highest BCUT2D eigenvalue weighted by Gasteiger charge is 2.25. The Labute approximate surface area is 253 Å². The van der Waals surface area contributed by atoms with Crippen LogP contribution in [-0.4, -0.2) is 43.8 Å². The number of hydrogen-bond acceptors (Lipinski definition) is 7. The van der Waals surface area contributed by atoms with Gasteiger partial charge in [-0.3, -0.25) is 0 Å². The molecule has 1 aromatic heterocycles. The van der Waals surface area contributed by atoms with Gasteiger partial charge in [0.15, 0.2) is 6.04 Å². The number of furan rings is 1. The molecule has 0 aliphatic rings. The van der Waals surface area contributed by atoms with Crippen molar-refractivity contribution < 1.29 is 41.4 Å². The molecule has 228 valence electrons. The Kier molecular flexibility index (Phi) is 8.44. The maximum atomic E-state index is 14.9. The van der Waals surface area contributed by atoms with Gasteiger partial charge in [0.1, 0.15) is 22.6 Å². The summed E-state index contributed by atoms with van der Waals surface area (Å²) in [7, 11) is -4.06. The Balaban J connectivity index is 1.28. The number of carbonyl (C=O) groups is 2. The number of aliphatic carboxylic acids is 1. The van der Waals surface area contributed by atoms with E-state index < -0.39 is 46.0 Å². The Bertz CT molecular complexity index is 1960. The highest BCUT2D eigenvalue weighted by atomic mass is 32.2. The minimum absolute atomic E-state index is 0.0136. The van der Waals surface area contributed by atoms with Crippen molar-refractivity contribution in [2.75, 3.05) is 6.61 Å². The van der Waals surface area contributed by atoms with Crippen LogP contribution in [0.5, 0.6) is 0 Å². The van der Waals surface area contributed by atoms with E-state index in [9.17, 15) is 27.5 Å². The number of benzene rings is 4. The first-order valence-electron chi connectivity index (χ1n) is 13.7. The number of ether oxygens (including phenoxy) is 2. The molecule has 0 bridgehead atoms. The number of carboxylic acids is 1. The first kappa shape index (κ1) is 30.7. The third-order valence-corrected chi connectivity index (χ3v) is 8.51. The zero-order valence-electron chi connectivity index (χ0n) is 24.2. The van der Waals surface area contributed by atoms with Crippen molar-refractivity contribution in [1.29, 1.82) is 0 Å². The van der Waals surface area contributed by atoms with Gasteiger partial charge < -0.3 is 24.3 Å². The summed E-state index contributed by atoms with van der Waals surface area (Å²) in [5.74, 6) is -2.20. The molecule has 1 unspecified atom stereocenters. The number of fused-ring (bicyclic) bond motifs is 3. The molecule has 44 heavy (non-hydrogen) atoms. The predicted molar refractivity (Wildman–Crippen MR) is 161 cm³/mol. The molecule has 1 amide bonds. The summed E-state index contributed by atoms with van der Waals surface area (Å²) in [5.41, 5.74) is 2.20. The monoisotopic (exact) mass is 619 g/mol.